The molecule has 3 rings (SSSR count). The van der Waals surface area contributed by atoms with Crippen LogP contribution in [0, 0.1) is 6.07 Å². The highest BCUT2D eigenvalue weighted by Crippen LogP contribution is 2.20. The zero-order valence-corrected chi connectivity index (χ0v) is 9.42. The average Bonchev–Trinajstić information content (AvgIpc) is 2.83. The Labute approximate surface area is 99.3 Å². The monoisotopic (exact) mass is 223 g/mol. The molecule has 17 heavy (non-hydrogen) atoms. The zero-order valence-electron chi connectivity index (χ0n) is 9.42. The van der Waals surface area contributed by atoms with Crippen LogP contribution in [0.4, 0.5) is 0 Å². The number of fused-ring (bicyclic) bond motifs is 1. The summed E-state index contributed by atoms with van der Waals surface area (Å²) in [4.78, 5) is 4.21. The van der Waals surface area contributed by atoms with E-state index in [9.17, 15) is 0 Å². The minimum Gasteiger partial charge on any atom is -0.481 e. The van der Waals surface area contributed by atoms with Crippen LogP contribution in [0.15, 0.2) is 48.8 Å². The molecule has 0 fully saturated rings. The molecule has 0 atom stereocenters. The number of benzene rings is 1. The van der Waals surface area contributed by atoms with E-state index in [1.165, 1.54) is 5.39 Å². The molecule has 0 spiro atoms. The second-order valence-electron chi connectivity index (χ2n) is 3.73. The third-order valence-corrected chi connectivity index (χ3v) is 2.74. The number of nitrogens with zero attached hydrogens (tertiary/aromatic N) is 2. The molecular formula is C14H11N2O. The molecule has 3 nitrogen and oxygen atoms in total. The van der Waals surface area contributed by atoms with Gasteiger partial charge in [-0.3, -0.25) is 0 Å². The Morgan fingerprint density at radius 2 is 2.18 bits per heavy atom. The molecule has 3 heteroatoms. The number of ether oxygens (including phenoxy) is 1. The van der Waals surface area contributed by atoms with Crippen LogP contribution in [0.3, 0.4) is 0 Å². The molecule has 1 aromatic carbocycles. The maximum Gasteiger partial charge on any atom is 0.213 e. The first kappa shape index (κ1) is 9.90. The predicted octanol–water partition coefficient (Wildman–Crippen LogP) is 2.83. The van der Waals surface area contributed by atoms with Crippen LogP contribution in [0.1, 0.15) is 0 Å². The Kier molecular flexibility index (Phi) is 2.29. The molecule has 83 valence electrons. The van der Waals surface area contributed by atoms with Gasteiger partial charge in [-0.2, -0.15) is 0 Å². The summed E-state index contributed by atoms with van der Waals surface area (Å²) in [6, 6.07) is 14.9. The van der Waals surface area contributed by atoms with Crippen molar-refractivity contribution in [1.82, 2.24) is 9.55 Å². The Bertz CT molecular complexity index is 641. The maximum atomic E-state index is 5.05. The van der Waals surface area contributed by atoms with Crippen molar-refractivity contribution in [2.45, 2.75) is 0 Å². The lowest BCUT2D eigenvalue weighted by Crippen LogP contribution is -1.94. The van der Waals surface area contributed by atoms with Gasteiger partial charge in [0.1, 0.15) is 0 Å². The van der Waals surface area contributed by atoms with Crippen molar-refractivity contribution in [2.24, 2.45) is 0 Å². The lowest BCUT2D eigenvalue weighted by molar-refractivity contribution is 0.398. The first-order chi connectivity index (χ1) is 8.38. The van der Waals surface area contributed by atoms with Crippen LogP contribution in [0.2, 0.25) is 0 Å². The van der Waals surface area contributed by atoms with E-state index < -0.39 is 0 Å². The van der Waals surface area contributed by atoms with Gasteiger partial charge in [-0.25, -0.2) is 4.98 Å². The SMILES string of the molecule is COc1ccc(-n2ccc3c[c]ccc32)cn1. The van der Waals surface area contributed by atoms with E-state index in [-0.39, 0.29) is 0 Å². The molecule has 0 aliphatic rings. The minimum atomic E-state index is 0.624. The van der Waals surface area contributed by atoms with Gasteiger partial charge in [0.25, 0.3) is 0 Å². The molecule has 0 aliphatic heterocycles. The van der Waals surface area contributed by atoms with Crippen LogP contribution in [0.25, 0.3) is 16.6 Å². The minimum absolute atomic E-state index is 0.624. The van der Waals surface area contributed by atoms with E-state index in [2.05, 4.69) is 21.7 Å². The van der Waals surface area contributed by atoms with Gasteiger partial charge in [0.2, 0.25) is 5.88 Å². The lowest BCUT2D eigenvalue weighted by atomic mass is 10.2. The largest absolute Gasteiger partial charge is 0.481 e. The number of hydrogen-bond acceptors (Lipinski definition) is 2. The van der Waals surface area contributed by atoms with Gasteiger partial charge in [0, 0.05) is 17.6 Å². The van der Waals surface area contributed by atoms with Gasteiger partial charge in [-0.1, -0.05) is 6.07 Å². The molecule has 1 radical (unpaired) electrons. The molecule has 2 aromatic heterocycles. The van der Waals surface area contributed by atoms with Crippen LogP contribution >= 0.6 is 0 Å². The van der Waals surface area contributed by atoms with Gasteiger partial charge < -0.3 is 9.30 Å². The molecule has 0 N–H and O–H groups in total. The summed E-state index contributed by atoms with van der Waals surface area (Å²) < 4.78 is 7.14. The molecule has 0 saturated heterocycles. The third kappa shape index (κ3) is 1.65. The van der Waals surface area contributed by atoms with Crippen molar-refractivity contribution >= 4 is 10.9 Å². The topological polar surface area (TPSA) is 27.1 Å². The summed E-state index contributed by atoms with van der Waals surface area (Å²) in [6.07, 6.45) is 3.83. The van der Waals surface area contributed by atoms with Gasteiger partial charge in [-0.15, -0.1) is 0 Å². The number of pyridine rings is 1. The van der Waals surface area contributed by atoms with Crippen LogP contribution in [0.5, 0.6) is 5.88 Å². The fraction of sp³-hybridized carbons (Fsp3) is 0.0714. The standard InChI is InChI=1S/C14H11N2O/c1-17-14-7-6-12(10-15-14)16-9-8-11-4-2-3-5-13(11)16/h3-10H,1H3. The summed E-state index contributed by atoms with van der Waals surface area (Å²) in [7, 11) is 1.61. The van der Waals surface area contributed by atoms with Gasteiger partial charge >= 0.3 is 0 Å². The Morgan fingerprint density at radius 3 is 2.94 bits per heavy atom. The van der Waals surface area contributed by atoms with Crippen molar-refractivity contribution in [3.63, 3.8) is 0 Å². The van der Waals surface area contributed by atoms with Gasteiger partial charge in [0.05, 0.1) is 24.5 Å². The van der Waals surface area contributed by atoms with E-state index in [0.717, 1.165) is 11.2 Å². The summed E-state index contributed by atoms with van der Waals surface area (Å²) in [5.41, 5.74) is 2.17. The predicted molar refractivity (Wildman–Crippen MR) is 66.5 cm³/mol. The Balaban J connectivity index is 2.13. The molecule has 2 heterocycles. The molecule has 3 aromatic rings. The summed E-state index contributed by atoms with van der Waals surface area (Å²) in [5, 5.41) is 1.17. The number of aromatic nitrogens is 2. The molecular weight excluding hydrogens is 212 g/mol. The van der Waals surface area contributed by atoms with Crippen molar-refractivity contribution in [3.05, 3.63) is 54.9 Å². The summed E-state index contributed by atoms with van der Waals surface area (Å²) >= 11 is 0. The normalized spacial score (nSPS) is 10.6. The van der Waals surface area contributed by atoms with E-state index in [4.69, 9.17) is 4.74 Å². The summed E-state index contributed by atoms with van der Waals surface area (Å²) in [6.45, 7) is 0. The average molecular weight is 223 g/mol. The molecule has 0 saturated carbocycles. The fourth-order valence-corrected chi connectivity index (χ4v) is 1.88. The van der Waals surface area contributed by atoms with Crippen molar-refractivity contribution in [2.75, 3.05) is 7.11 Å². The highest BCUT2D eigenvalue weighted by atomic mass is 16.5. The molecule has 0 unspecified atom stereocenters. The van der Waals surface area contributed by atoms with Crippen molar-refractivity contribution in [1.29, 1.82) is 0 Å². The number of methoxy groups -OCH3 is 1. The van der Waals surface area contributed by atoms with Crippen LogP contribution in [-0.4, -0.2) is 16.7 Å². The Morgan fingerprint density at radius 1 is 1.24 bits per heavy atom. The second-order valence-corrected chi connectivity index (χ2v) is 3.73. The Hall–Kier alpha value is -2.29. The first-order valence-corrected chi connectivity index (χ1v) is 5.36. The van der Waals surface area contributed by atoms with Gasteiger partial charge in [-0.05, 0) is 30.3 Å². The fourth-order valence-electron chi connectivity index (χ4n) is 1.88. The molecule has 0 amide bonds. The first-order valence-electron chi connectivity index (χ1n) is 5.36. The van der Waals surface area contributed by atoms with Crippen molar-refractivity contribution < 1.29 is 4.74 Å². The summed E-state index contributed by atoms with van der Waals surface area (Å²) in [5.74, 6) is 0.624. The van der Waals surface area contributed by atoms with E-state index >= 15 is 0 Å². The quantitative estimate of drug-likeness (QED) is 0.668. The molecule has 0 aliphatic carbocycles. The van der Waals surface area contributed by atoms with Crippen molar-refractivity contribution in [3.8, 4) is 11.6 Å². The number of rotatable bonds is 2. The van der Waals surface area contributed by atoms with Crippen LogP contribution < -0.4 is 4.74 Å². The highest BCUT2D eigenvalue weighted by Gasteiger charge is 2.02. The lowest BCUT2D eigenvalue weighted by Gasteiger charge is -2.05. The zero-order chi connectivity index (χ0) is 11.7. The second kappa shape index (κ2) is 3.94. The van der Waals surface area contributed by atoms with E-state index in [0.29, 0.717) is 5.88 Å². The number of hydrogen-bond donors (Lipinski definition) is 0. The maximum absolute atomic E-state index is 5.05. The van der Waals surface area contributed by atoms with Crippen LogP contribution in [-0.2, 0) is 0 Å². The van der Waals surface area contributed by atoms with Gasteiger partial charge in [0.15, 0.2) is 0 Å². The van der Waals surface area contributed by atoms with E-state index in [1.807, 2.05) is 36.5 Å². The molecule has 0 bridgehead atoms. The third-order valence-electron chi connectivity index (χ3n) is 2.74. The van der Waals surface area contributed by atoms with E-state index in [1.54, 1.807) is 13.3 Å². The highest BCUT2D eigenvalue weighted by molar-refractivity contribution is 5.81. The smallest absolute Gasteiger partial charge is 0.213 e.